The molecule has 0 fully saturated rings. The highest BCUT2D eigenvalue weighted by Gasteiger charge is 2.23. The zero-order valence-corrected chi connectivity index (χ0v) is 12.3. The van der Waals surface area contributed by atoms with Crippen molar-refractivity contribution in [3.05, 3.63) is 44.3 Å². The van der Waals surface area contributed by atoms with Gasteiger partial charge in [-0.1, -0.05) is 23.7 Å². The summed E-state index contributed by atoms with van der Waals surface area (Å²) in [6, 6.07) is 9.28. The van der Waals surface area contributed by atoms with Crippen molar-refractivity contribution in [1.29, 1.82) is 0 Å². The quantitative estimate of drug-likeness (QED) is 0.464. The summed E-state index contributed by atoms with van der Waals surface area (Å²) in [5, 5.41) is 0.490. The van der Waals surface area contributed by atoms with E-state index in [2.05, 4.69) is 31.9 Å². The van der Waals surface area contributed by atoms with Crippen molar-refractivity contribution in [2.45, 2.75) is 0 Å². The van der Waals surface area contributed by atoms with Crippen LogP contribution >= 0.6 is 43.5 Å². The maximum Gasteiger partial charge on any atom is 0.189 e. The van der Waals surface area contributed by atoms with Gasteiger partial charge in [0.1, 0.15) is 5.02 Å². The molecule has 2 aromatic carbocycles. The van der Waals surface area contributed by atoms with E-state index in [1.54, 1.807) is 0 Å². The van der Waals surface area contributed by atoms with Crippen molar-refractivity contribution in [1.82, 2.24) is 0 Å². The van der Waals surface area contributed by atoms with E-state index in [0.29, 0.717) is 28.0 Å². The molecule has 0 atom stereocenters. The van der Waals surface area contributed by atoms with E-state index in [9.17, 15) is 0 Å². The second-order valence-corrected chi connectivity index (χ2v) is 5.49. The van der Waals surface area contributed by atoms with Gasteiger partial charge in [0.05, 0.1) is 4.47 Å². The fourth-order valence-electron chi connectivity index (χ4n) is 1.57. The van der Waals surface area contributed by atoms with Gasteiger partial charge in [-0.25, -0.2) is 0 Å². The monoisotopic (exact) mass is 374 g/mol. The highest BCUT2D eigenvalue weighted by atomic mass is 79.9. The van der Waals surface area contributed by atoms with E-state index < -0.39 is 0 Å². The van der Waals surface area contributed by atoms with Crippen LogP contribution in [0.25, 0.3) is 0 Å². The van der Waals surface area contributed by atoms with E-state index in [-0.39, 0.29) is 0 Å². The molecule has 2 aromatic rings. The molecule has 0 bridgehead atoms. The summed E-state index contributed by atoms with van der Waals surface area (Å²) in [6.45, 7) is 0. The maximum atomic E-state index is 6.20. The molecular weight excluding hydrogens is 371 g/mol. The summed E-state index contributed by atoms with van der Waals surface area (Å²) in [7, 11) is 0. The summed E-state index contributed by atoms with van der Waals surface area (Å²) < 4.78 is 13.0. The lowest BCUT2D eigenvalue weighted by molar-refractivity contribution is 0.359. The number of hydrogen-bond acceptors (Lipinski definition) is 2. The van der Waals surface area contributed by atoms with Gasteiger partial charge in [-0.3, -0.25) is 0 Å². The third kappa shape index (κ3) is 1.84. The van der Waals surface area contributed by atoms with Crippen LogP contribution in [0.15, 0.2) is 39.3 Å². The van der Waals surface area contributed by atoms with Crippen molar-refractivity contribution in [2.75, 3.05) is 0 Å². The fourth-order valence-corrected chi connectivity index (χ4v) is 2.62. The van der Waals surface area contributed by atoms with Gasteiger partial charge in [-0.05, 0) is 44.0 Å². The Morgan fingerprint density at radius 2 is 1.59 bits per heavy atom. The highest BCUT2D eigenvalue weighted by Crippen LogP contribution is 2.52. The van der Waals surface area contributed by atoms with Crippen LogP contribution in [0.5, 0.6) is 23.0 Å². The van der Waals surface area contributed by atoms with E-state index >= 15 is 0 Å². The third-order valence-electron chi connectivity index (χ3n) is 2.36. The number of halogens is 3. The summed E-state index contributed by atoms with van der Waals surface area (Å²) in [5.74, 6) is 2.48. The predicted molar refractivity (Wildman–Crippen MR) is 73.4 cm³/mol. The third-order valence-corrected chi connectivity index (χ3v) is 4.93. The smallest absolute Gasteiger partial charge is 0.189 e. The first-order valence-corrected chi connectivity index (χ1v) is 6.75. The number of benzene rings is 2. The van der Waals surface area contributed by atoms with E-state index in [0.717, 1.165) is 8.95 Å². The SMILES string of the molecule is Clc1c(Br)c(Br)cc2c1Oc1ccccc1O2. The molecule has 86 valence electrons. The maximum absolute atomic E-state index is 6.20. The van der Waals surface area contributed by atoms with Crippen LogP contribution in [-0.2, 0) is 0 Å². The Morgan fingerprint density at radius 1 is 0.941 bits per heavy atom. The minimum Gasteiger partial charge on any atom is -0.449 e. The lowest BCUT2D eigenvalue weighted by Crippen LogP contribution is -1.99. The molecule has 0 aromatic heterocycles. The molecule has 17 heavy (non-hydrogen) atoms. The van der Waals surface area contributed by atoms with Crippen LogP contribution in [0.2, 0.25) is 5.02 Å². The number of para-hydroxylation sites is 2. The van der Waals surface area contributed by atoms with Crippen LogP contribution in [0.1, 0.15) is 0 Å². The molecule has 1 aliphatic heterocycles. The van der Waals surface area contributed by atoms with Gasteiger partial charge in [0.25, 0.3) is 0 Å². The van der Waals surface area contributed by atoms with Crippen LogP contribution in [-0.4, -0.2) is 0 Å². The van der Waals surface area contributed by atoms with Gasteiger partial charge in [0, 0.05) is 10.5 Å². The minimum atomic E-state index is 0.490. The lowest BCUT2D eigenvalue weighted by Gasteiger charge is -2.22. The Labute approximate surface area is 120 Å². The zero-order valence-electron chi connectivity index (χ0n) is 8.34. The molecule has 0 N–H and O–H groups in total. The van der Waals surface area contributed by atoms with Crippen LogP contribution in [0.4, 0.5) is 0 Å². The molecule has 1 heterocycles. The van der Waals surface area contributed by atoms with Gasteiger partial charge in [-0.15, -0.1) is 0 Å². The molecule has 5 heteroatoms. The van der Waals surface area contributed by atoms with E-state index in [1.165, 1.54) is 0 Å². The molecule has 0 amide bonds. The van der Waals surface area contributed by atoms with Crippen molar-refractivity contribution in [3.8, 4) is 23.0 Å². The van der Waals surface area contributed by atoms with Crippen LogP contribution < -0.4 is 9.47 Å². The van der Waals surface area contributed by atoms with Crippen molar-refractivity contribution in [3.63, 3.8) is 0 Å². The number of rotatable bonds is 0. The first-order valence-electron chi connectivity index (χ1n) is 4.79. The first kappa shape index (κ1) is 11.4. The predicted octanol–water partition coefficient (Wildman–Crippen LogP) is 5.76. The van der Waals surface area contributed by atoms with Crippen LogP contribution in [0.3, 0.4) is 0 Å². The lowest BCUT2D eigenvalue weighted by atomic mass is 10.2. The van der Waals surface area contributed by atoms with Gasteiger partial charge < -0.3 is 9.47 Å². The summed E-state index contributed by atoms with van der Waals surface area (Å²) >= 11 is 13.0. The number of fused-ring (bicyclic) bond motifs is 2. The minimum absolute atomic E-state index is 0.490. The van der Waals surface area contributed by atoms with Crippen molar-refractivity contribution < 1.29 is 9.47 Å². The molecule has 1 aliphatic rings. The molecule has 2 nitrogen and oxygen atoms in total. The molecule has 0 unspecified atom stereocenters. The van der Waals surface area contributed by atoms with Crippen molar-refractivity contribution >= 4 is 43.5 Å². The molecule has 3 rings (SSSR count). The molecule has 0 radical (unpaired) electrons. The van der Waals surface area contributed by atoms with Gasteiger partial charge >= 0.3 is 0 Å². The standard InChI is InChI=1S/C12H5Br2ClO2/c13-6-5-9-12(11(15)10(6)14)17-8-4-2-1-3-7(8)16-9/h1-5H. The molecule has 0 saturated heterocycles. The zero-order chi connectivity index (χ0) is 12.0. The van der Waals surface area contributed by atoms with Gasteiger partial charge in [0.2, 0.25) is 0 Å². The summed E-state index contributed by atoms with van der Waals surface area (Å²) in [6.07, 6.45) is 0. The molecule has 0 aliphatic carbocycles. The van der Waals surface area contributed by atoms with Crippen molar-refractivity contribution in [2.24, 2.45) is 0 Å². The summed E-state index contributed by atoms with van der Waals surface area (Å²) in [5.41, 5.74) is 0. The number of ether oxygens (including phenoxy) is 2. The normalized spacial score (nSPS) is 12.2. The van der Waals surface area contributed by atoms with Crippen LogP contribution in [0, 0.1) is 0 Å². The molecular formula is C12H5Br2ClO2. The molecule has 0 saturated carbocycles. The highest BCUT2D eigenvalue weighted by molar-refractivity contribution is 9.13. The second-order valence-electron chi connectivity index (χ2n) is 3.46. The topological polar surface area (TPSA) is 18.5 Å². The van der Waals surface area contributed by atoms with Gasteiger partial charge in [-0.2, -0.15) is 0 Å². The van der Waals surface area contributed by atoms with Gasteiger partial charge in [0.15, 0.2) is 23.0 Å². The number of hydrogen-bond donors (Lipinski definition) is 0. The Bertz CT molecular complexity index is 614. The largest absolute Gasteiger partial charge is 0.449 e. The average molecular weight is 376 g/mol. The Morgan fingerprint density at radius 3 is 2.29 bits per heavy atom. The fraction of sp³-hybridized carbons (Fsp3) is 0. The average Bonchev–Trinajstić information content (AvgIpc) is 2.34. The second kappa shape index (κ2) is 4.19. The van der Waals surface area contributed by atoms with E-state index in [1.807, 2.05) is 30.3 Å². The molecule has 0 spiro atoms. The summed E-state index contributed by atoms with van der Waals surface area (Å²) in [4.78, 5) is 0. The van der Waals surface area contributed by atoms with E-state index in [4.69, 9.17) is 21.1 Å². The Kier molecular flexibility index (Phi) is 2.81. The Hall–Kier alpha value is -0.710. The Balaban J connectivity index is 2.18. The first-order chi connectivity index (χ1) is 8.16.